The second-order valence-corrected chi connectivity index (χ2v) is 6.62. The summed E-state index contributed by atoms with van der Waals surface area (Å²) in [4.78, 5) is 28.1. The fourth-order valence-electron chi connectivity index (χ4n) is 3.23. The Kier molecular flexibility index (Phi) is 4.87. The number of rotatable bonds is 3. The topological polar surface area (TPSA) is 60.9 Å². The van der Waals surface area contributed by atoms with E-state index >= 15 is 0 Å². The van der Waals surface area contributed by atoms with Gasteiger partial charge in [-0.25, -0.2) is 0 Å². The lowest BCUT2D eigenvalue weighted by molar-refractivity contribution is -0.134. The van der Waals surface area contributed by atoms with Gasteiger partial charge in [-0.05, 0) is 37.0 Å². The monoisotopic (exact) mass is 336 g/mol. The van der Waals surface area contributed by atoms with Crippen molar-refractivity contribution in [1.29, 1.82) is 0 Å². The summed E-state index contributed by atoms with van der Waals surface area (Å²) >= 11 is 6.02. The molecule has 124 valence electrons. The molecule has 0 aliphatic carbocycles. The van der Waals surface area contributed by atoms with Gasteiger partial charge in [-0.1, -0.05) is 17.7 Å². The molecule has 23 heavy (non-hydrogen) atoms. The highest BCUT2D eigenvalue weighted by atomic mass is 35.5. The van der Waals surface area contributed by atoms with Crippen LogP contribution in [0.3, 0.4) is 0 Å². The summed E-state index contributed by atoms with van der Waals surface area (Å²) < 4.78 is 0. The molecule has 0 aromatic heterocycles. The van der Waals surface area contributed by atoms with E-state index in [0.29, 0.717) is 37.5 Å². The predicted octanol–water partition coefficient (Wildman–Crippen LogP) is 1.99. The Morgan fingerprint density at radius 3 is 2.57 bits per heavy atom. The van der Waals surface area contributed by atoms with Crippen LogP contribution in [0.25, 0.3) is 0 Å². The molecule has 1 aromatic carbocycles. The smallest absolute Gasteiger partial charge is 0.227 e. The van der Waals surface area contributed by atoms with Crippen LogP contribution in [-0.4, -0.2) is 47.6 Å². The summed E-state index contributed by atoms with van der Waals surface area (Å²) in [6.07, 6.45) is 2.21. The van der Waals surface area contributed by atoms with Gasteiger partial charge < -0.3 is 14.9 Å². The minimum atomic E-state index is -0.300. The molecule has 2 heterocycles. The highest BCUT2D eigenvalue weighted by molar-refractivity contribution is 6.31. The molecule has 0 bridgehead atoms. The van der Waals surface area contributed by atoms with Gasteiger partial charge in [0.2, 0.25) is 11.8 Å². The van der Waals surface area contributed by atoms with Gasteiger partial charge in [-0.15, -0.1) is 0 Å². The van der Waals surface area contributed by atoms with E-state index in [1.165, 1.54) is 0 Å². The first-order chi connectivity index (χ1) is 11.0. The summed E-state index contributed by atoms with van der Waals surface area (Å²) in [5.74, 6) is -0.0350. The van der Waals surface area contributed by atoms with Crippen LogP contribution < -0.4 is 4.90 Å². The molecule has 2 aliphatic rings. The van der Waals surface area contributed by atoms with Gasteiger partial charge in [0, 0.05) is 43.2 Å². The van der Waals surface area contributed by atoms with Crippen molar-refractivity contribution in [3.8, 4) is 0 Å². The summed E-state index contributed by atoms with van der Waals surface area (Å²) in [6.45, 7) is 1.81. The van der Waals surface area contributed by atoms with Crippen molar-refractivity contribution in [3.63, 3.8) is 0 Å². The molecule has 0 radical (unpaired) electrons. The molecular weight excluding hydrogens is 316 g/mol. The van der Waals surface area contributed by atoms with Crippen molar-refractivity contribution in [2.75, 3.05) is 24.5 Å². The van der Waals surface area contributed by atoms with Crippen LogP contribution in [0.4, 0.5) is 5.69 Å². The van der Waals surface area contributed by atoms with Crippen molar-refractivity contribution >= 4 is 29.1 Å². The Morgan fingerprint density at radius 1 is 1.13 bits per heavy atom. The van der Waals surface area contributed by atoms with Gasteiger partial charge in [-0.3, -0.25) is 9.59 Å². The molecule has 0 saturated carbocycles. The fourth-order valence-corrected chi connectivity index (χ4v) is 3.40. The van der Waals surface area contributed by atoms with E-state index in [-0.39, 0.29) is 30.8 Å². The first-order valence-corrected chi connectivity index (χ1v) is 8.47. The average molecular weight is 337 g/mol. The van der Waals surface area contributed by atoms with Crippen molar-refractivity contribution in [1.82, 2.24) is 4.90 Å². The lowest BCUT2D eigenvalue weighted by atomic mass is 10.1. The van der Waals surface area contributed by atoms with E-state index in [1.807, 2.05) is 18.2 Å². The van der Waals surface area contributed by atoms with E-state index in [4.69, 9.17) is 11.6 Å². The molecule has 1 aromatic rings. The van der Waals surface area contributed by atoms with Crippen LogP contribution in [0.1, 0.15) is 31.2 Å². The van der Waals surface area contributed by atoms with Crippen LogP contribution in [0.2, 0.25) is 5.02 Å². The third kappa shape index (κ3) is 3.67. The number of aliphatic hydroxyl groups is 1. The van der Waals surface area contributed by atoms with Crippen LogP contribution in [0, 0.1) is 0 Å². The molecule has 0 spiro atoms. The summed E-state index contributed by atoms with van der Waals surface area (Å²) in [5.41, 5.74) is 2.00. The fraction of sp³-hybridized carbons (Fsp3) is 0.529. The Bertz CT molecular complexity index is 612. The lowest BCUT2D eigenvalue weighted by Gasteiger charge is -2.29. The van der Waals surface area contributed by atoms with Gasteiger partial charge in [0.1, 0.15) is 0 Å². The molecule has 6 heteroatoms. The maximum absolute atomic E-state index is 12.4. The van der Waals surface area contributed by atoms with Crippen molar-refractivity contribution in [2.24, 2.45) is 0 Å². The zero-order valence-corrected chi connectivity index (χ0v) is 13.8. The molecule has 0 unspecified atom stereocenters. The number of anilines is 1. The van der Waals surface area contributed by atoms with Gasteiger partial charge in [0.15, 0.2) is 0 Å². The standard InChI is InChI=1S/C17H21ClN2O3/c18-13-2-1-12-5-10-20(15(12)11-13)17(23)4-3-16(22)19-8-6-14(21)7-9-19/h1-2,11,14,21H,3-10H2. The molecule has 1 N–H and O–H groups in total. The summed E-state index contributed by atoms with van der Waals surface area (Å²) in [5, 5.41) is 10.1. The molecule has 0 atom stereocenters. The number of fused-ring (bicyclic) bond motifs is 1. The van der Waals surface area contributed by atoms with E-state index in [9.17, 15) is 14.7 Å². The normalized spacial score (nSPS) is 18.2. The Labute approximate surface area is 140 Å². The number of halogens is 1. The Balaban J connectivity index is 1.55. The highest BCUT2D eigenvalue weighted by Crippen LogP contribution is 2.31. The van der Waals surface area contributed by atoms with Crippen LogP contribution in [-0.2, 0) is 16.0 Å². The lowest BCUT2D eigenvalue weighted by Crippen LogP contribution is -2.40. The third-order valence-corrected chi connectivity index (χ3v) is 4.85. The average Bonchev–Trinajstić information content (AvgIpc) is 2.96. The number of benzene rings is 1. The van der Waals surface area contributed by atoms with Crippen LogP contribution >= 0.6 is 11.6 Å². The van der Waals surface area contributed by atoms with E-state index in [2.05, 4.69) is 0 Å². The van der Waals surface area contributed by atoms with Crippen LogP contribution in [0.15, 0.2) is 18.2 Å². The minimum absolute atomic E-state index is 0.00392. The number of likely N-dealkylation sites (tertiary alicyclic amines) is 1. The summed E-state index contributed by atoms with van der Waals surface area (Å²) in [6, 6.07) is 5.60. The molecule has 1 saturated heterocycles. The van der Waals surface area contributed by atoms with E-state index in [0.717, 1.165) is 17.7 Å². The Hall–Kier alpha value is -1.59. The van der Waals surface area contributed by atoms with Gasteiger partial charge in [0.05, 0.1) is 6.10 Å². The third-order valence-electron chi connectivity index (χ3n) is 4.61. The molecule has 5 nitrogen and oxygen atoms in total. The summed E-state index contributed by atoms with van der Waals surface area (Å²) in [7, 11) is 0. The Morgan fingerprint density at radius 2 is 1.83 bits per heavy atom. The van der Waals surface area contributed by atoms with Crippen molar-refractivity contribution in [3.05, 3.63) is 28.8 Å². The molecule has 1 fully saturated rings. The zero-order chi connectivity index (χ0) is 16.4. The zero-order valence-electron chi connectivity index (χ0n) is 13.0. The molecular formula is C17H21ClN2O3. The largest absolute Gasteiger partial charge is 0.393 e. The molecule has 2 aliphatic heterocycles. The van der Waals surface area contributed by atoms with Gasteiger partial charge in [0.25, 0.3) is 0 Å². The number of carbonyl (C=O) groups excluding carboxylic acids is 2. The number of carbonyl (C=O) groups is 2. The minimum Gasteiger partial charge on any atom is -0.393 e. The van der Waals surface area contributed by atoms with Crippen molar-refractivity contribution < 1.29 is 14.7 Å². The molecule has 3 rings (SSSR count). The SMILES string of the molecule is O=C(CCC(=O)N1CCc2ccc(Cl)cc21)N1CCC(O)CC1. The maximum atomic E-state index is 12.4. The second kappa shape index (κ2) is 6.89. The number of piperidine rings is 1. The number of hydrogen-bond donors (Lipinski definition) is 1. The highest BCUT2D eigenvalue weighted by Gasteiger charge is 2.26. The van der Waals surface area contributed by atoms with Crippen LogP contribution in [0.5, 0.6) is 0 Å². The van der Waals surface area contributed by atoms with Crippen molar-refractivity contribution in [2.45, 2.75) is 38.2 Å². The quantitative estimate of drug-likeness (QED) is 0.918. The number of hydrogen-bond acceptors (Lipinski definition) is 3. The van der Waals surface area contributed by atoms with Gasteiger partial charge >= 0.3 is 0 Å². The van der Waals surface area contributed by atoms with E-state index < -0.39 is 0 Å². The number of aliphatic hydroxyl groups excluding tert-OH is 1. The maximum Gasteiger partial charge on any atom is 0.227 e. The number of nitrogens with zero attached hydrogens (tertiary/aromatic N) is 2. The number of amides is 2. The second-order valence-electron chi connectivity index (χ2n) is 6.18. The molecule has 2 amide bonds. The van der Waals surface area contributed by atoms with Gasteiger partial charge in [-0.2, -0.15) is 0 Å². The first-order valence-electron chi connectivity index (χ1n) is 8.09. The first kappa shape index (κ1) is 16.3. The predicted molar refractivity (Wildman–Crippen MR) is 88.6 cm³/mol. The van der Waals surface area contributed by atoms with E-state index in [1.54, 1.807) is 9.80 Å².